The lowest BCUT2D eigenvalue weighted by Gasteiger charge is -2.18. The zero-order valence-corrected chi connectivity index (χ0v) is 11.7. The summed E-state index contributed by atoms with van der Waals surface area (Å²) in [5.41, 5.74) is 2.19. The fraction of sp³-hybridized carbons (Fsp3) is 0.500. The molecule has 4 heteroatoms. The van der Waals surface area contributed by atoms with Crippen LogP contribution in [0.3, 0.4) is 0 Å². The lowest BCUT2D eigenvalue weighted by atomic mass is 10.0. The molecule has 1 amide bonds. The van der Waals surface area contributed by atoms with Crippen LogP contribution in [0.15, 0.2) is 18.2 Å². The molecule has 0 saturated carbocycles. The molecule has 1 aromatic carbocycles. The quantitative estimate of drug-likeness (QED) is 0.825. The van der Waals surface area contributed by atoms with Crippen molar-refractivity contribution in [2.75, 3.05) is 21.3 Å². The summed E-state index contributed by atoms with van der Waals surface area (Å²) in [6.45, 7) is 4.73. The summed E-state index contributed by atoms with van der Waals surface area (Å²) in [5.74, 6) is 1.25. The molecule has 100 valence electrons. The van der Waals surface area contributed by atoms with E-state index in [0.29, 0.717) is 12.5 Å². The smallest absolute Gasteiger partial charge is 0.409 e. The van der Waals surface area contributed by atoms with E-state index < -0.39 is 0 Å². The Labute approximate surface area is 108 Å². The molecule has 0 bridgehead atoms. The number of hydrogen-bond donors (Lipinski definition) is 0. The summed E-state index contributed by atoms with van der Waals surface area (Å²) in [6, 6.07) is 6.08. The minimum atomic E-state index is -0.356. The van der Waals surface area contributed by atoms with Crippen molar-refractivity contribution in [1.82, 2.24) is 4.90 Å². The van der Waals surface area contributed by atoms with Crippen molar-refractivity contribution in [3.8, 4) is 5.75 Å². The average molecular weight is 251 g/mol. The summed E-state index contributed by atoms with van der Waals surface area (Å²) in [6.07, 6.45) is -0.356. The lowest BCUT2D eigenvalue weighted by Crippen LogP contribution is -2.26. The first-order valence-electron chi connectivity index (χ1n) is 5.95. The standard InChI is InChI=1S/C14H21NO3/c1-10(2)11-6-7-12(13(8-11)17-4)9-15(3)14(16)18-5/h6-8,10H,9H2,1-5H3. The van der Waals surface area contributed by atoms with E-state index in [1.165, 1.54) is 17.6 Å². The van der Waals surface area contributed by atoms with E-state index in [4.69, 9.17) is 4.74 Å². The highest BCUT2D eigenvalue weighted by Gasteiger charge is 2.13. The molecule has 0 fully saturated rings. The van der Waals surface area contributed by atoms with E-state index >= 15 is 0 Å². The van der Waals surface area contributed by atoms with Crippen LogP contribution in [0.5, 0.6) is 5.75 Å². The van der Waals surface area contributed by atoms with Gasteiger partial charge in [0.05, 0.1) is 20.8 Å². The van der Waals surface area contributed by atoms with Crippen molar-refractivity contribution in [1.29, 1.82) is 0 Å². The summed E-state index contributed by atoms with van der Waals surface area (Å²) < 4.78 is 10.0. The molecule has 0 radical (unpaired) electrons. The molecular weight excluding hydrogens is 230 g/mol. The molecule has 0 aliphatic heterocycles. The summed E-state index contributed by atoms with van der Waals surface area (Å²) in [7, 11) is 4.71. The van der Waals surface area contributed by atoms with Crippen molar-refractivity contribution >= 4 is 6.09 Å². The van der Waals surface area contributed by atoms with Crippen molar-refractivity contribution in [3.63, 3.8) is 0 Å². The van der Waals surface area contributed by atoms with Crippen LogP contribution in [-0.4, -0.2) is 32.3 Å². The van der Waals surface area contributed by atoms with Crippen molar-refractivity contribution in [2.45, 2.75) is 26.3 Å². The van der Waals surface area contributed by atoms with Crippen LogP contribution in [0.2, 0.25) is 0 Å². The number of rotatable bonds is 4. The van der Waals surface area contributed by atoms with Gasteiger partial charge in [0.1, 0.15) is 5.75 Å². The minimum Gasteiger partial charge on any atom is -0.496 e. The topological polar surface area (TPSA) is 38.8 Å². The van der Waals surface area contributed by atoms with E-state index in [-0.39, 0.29) is 6.09 Å². The highest BCUT2D eigenvalue weighted by molar-refractivity contribution is 5.67. The second-order valence-electron chi connectivity index (χ2n) is 4.55. The highest BCUT2D eigenvalue weighted by Crippen LogP contribution is 2.25. The number of carbonyl (C=O) groups is 1. The van der Waals surface area contributed by atoms with Gasteiger partial charge >= 0.3 is 6.09 Å². The minimum absolute atomic E-state index is 0.356. The molecular formula is C14H21NO3. The lowest BCUT2D eigenvalue weighted by molar-refractivity contribution is 0.131. The first kappa shape index (κ1) is 14.4. The van der Waals surface area contributed by atoms with Crippen LogP contribution in [0, 0.1) is 0 Å². The number of methoxy groups -OCH3 is 2. The Hall–Kier alpha value is -1.71. The third-order valence-electron chi connectivity index (χ3n) is 2.87. The van der Waals surface area contributed by atoms with Crippen molar-refractivity contribution < 1.29 is 14.3 Å². The predicted octanol–water partition coefficient (Wildman–Crippen LogP) is 3.02. The zero-order valence-electron chi connectivity index (χ0n) is 11.7. The fourth-order valence-corrected chi connectivity index (χ4v) is 1.73. The number of nitrogens with zero attached hydrogens (tertiary/aromatic N) is 1. The number of carbonyl (C=O) groups excluding carboxylic acids is 1. The molecule has 0 heterocycles. The van der Waals surface area contributed by atoms with Crippen LogP contribution >= 0.6 is 0 Å². The number of benzene rings is 1. The maximum atomic E-state index is 11.4. The second-order valence-corrected chi connectivity index (χ2v) is 4.55. The average Bonchev–Trinajstić information content (AvgIpc) is 2.37. The number of ether oxygens (including phenoxy) is 2. The Balaban J connectivity index is 2.92. The molecule has 4 nitrogen and oxygen atoms in total. The van der Waals surface area contributed by atoms with Gasteiger partial charge in [0, 0.05) is 12.6 Å². The van der Waals surface area contributed by atoms with Crippen LogP contribution in [-0.2, 0) is 11.3 Å². The zero-order chi connectivity index (χ0) is 13.7. The molecule has 1 rings (SSSR count). The monoisotopic (exact) mass is 251 g/mol. The normalized spacial score (nSPS) is 10.3. The largest absolute Gasteiger partial charge is 0.496 e. The Morgan fingerprint density at radius 1 is 1.33 bits per heavy atom. The van der Waals surface area contributed by atoms with Gasteiger partial charge in [0.2, 0.25) is 0 Å². The molecule has 0 spiro atoms. The fourth-order valence-electron chi connectivity index (χ4n) is 1.73. The van der Waals surface area contributed by atoms with E-state index in [0.717, 1.165) is 11.3 Å². The molecule has 0 aliphatic carbocycles. The molecule has 18 heavy (non-hydrogen) atoms. The molecule has 1 aromatic rings. The maximum Gasteiger partial charge on any atom is 0.409 e. The maximum absolute atomic E-state index is 11.4. The van der Waals surface area contributed by atoms with E-state index in [1.807, 2.05) is 12.1 Å². The Kier molecular flexibility index (Phi) is 5.01. The van der Waals surface area contributed by atoms with Crippen molar-refractivity contribution in [3.05, 3.63) is 29.3 Å². The SMILES string of the molecule is COC(=O)N(C)Cc1ccc(C(C)C)cc1OC. The molecule has 0 N–H and O–H groups in total. The van der Waals surface area contributed by atoms with Gasteiger partial charge in [-0.3, -0.25) is 0 Å². The van der Waals surface area contributed by atoms with Gasteiger partial charge in [0.15, 0.2) is 0 Å². The van der Waals surface area contributed by atoms with Gasteiger partial charge in [-0.2, -0.15) is 0 Å². The third kappa shape index (κ3) is 3.39. The summed E-state index contributed by atoms with van der Waals surface area (Å²) >= 11 is 0. The van der Waals surface area contributed by atoms with Gasteiger partial charge in [-0.1, -0.05) is 26.0 Å². The molecule has 0 unspecified atom stereocenters. The van der Waals surface area contributed by atoms with Crippen LogP contribution in [0.4, 0.5) is 4.79 Å². The van der Waals surface area contributed by atoms with Gasteiger partial charge in [-0.05, 0) is 17.5 Å². The first-order valence-corrected chi connectivity index (χ1v) is 5.95. The van der Waals surface area contributed by atoms with E-state index in [1.54, 1.807) is 14.2 Å². The molecule has 0 aliphatic rings. The first-order chi connectivity index (χ1) is 8.49. The summed E-state index contributed by atoms with van der Waals surface area (Å²) in [4.78, 5) is 12.9. The summed E-state index contributed by atoms with van der Waals surface area (Å²) in [5, 5.41) is 0. The Morgan fingerprint density at radius 3 is 2.50 bits per heavy atom. The number of hydrogen-bond acceptors (Lipinski definition) is 3. The molecule has 0 atom stereocenters. The molecule has 0 saturated heterocycles. The van der Waals surface area contributed by atoms with E-state index in [9.17, 15) is 4.79 Å². The van der Waals surface area contributed by atoms with Gasteiger partial charge in [-0.25, -0.2) is 4.79 Å². The second kappa shape index (κ2) is 6.28. The van der Waals surface area contributed by atoms with Crippen LogP contribution < -0.4 is 4.74 Å². The van der Waals surface area contributed by atoms with Crippen molar-refractivity contribution in [2.24, 2.45) is 0 Å². The predicted molar refractivity (Wildman–Crippen MR) is 71.0 cm³/mol. The van der Waals surface area contributed by atoms with Gasteiger partial charge < -0.3 is 14.4 Å². The van der Waals surface area contributed by atoms with Crippen LogP contribution in [0.25, 0.3) is 0 Å². The van der Waals surface area contributed by atoms with Crippen LogP contribution in [0.1, 0.15) is 30.9 Å². The molecule has 0 aromatic heterocycles. The third-order valence-corrected chi connectivity index (χ3v) is 2.87. The van der Waals surface area contributed by atoms with Gasteiger partial charge in [-0.15, -0.1) is 0 Å². The van der Waals surface area contributed by atoms with Gasteiger partial charge in [0.25, 0.3) is 0 Å². The van der Waals surface area contributed by atoms with E-state index in [2.05, 4.69) is 24.7 Å². The Morgan fingerprint density at radius 2 is 2.00 bits per heavy atom. The Bertz CT molecular complexity index is 416. The highest BCUT2D eigenvalue weighted by atomic mass is 16.5. The number of amides is 1.